The first-order chi connectivity index (χ1) is 16.8. The van der Waals surface area contributed by atoms with Crippen LogP contribution in [0.15, 0.2) is 78.9 Å². The number of amides is 2. The van der Waals surface area contributed by atoms with Gasteiger partial charge in [0.1, 0.15) is 24.2 Å². The standard InChI is InChI=1S/C27H27FN2O5/c1-18(2)25(30-26(32)22-10-6-7-11-23(22)28)27(33)35-17-24(31)29-20-12-14-21(15-13-20)34-16-19-8-4-3-5-9-19/h3-15,18,25H,16-17H2,1-2H3,(H,29,31)(H,30,32)/t25-/m1/s1. The Kier molecular flexibility index (Phi) is 8.95. The molecule has 8 heteroatoms. The smallest absolute Gasteiger partial charge is 0.329 e. The van der Waals surface area contributed by atoms with E-state index in [4.69, 9.17) is 9.47 Å². The second-order valence-corrected chi connectivity index (χ2v) is 8.13. The summed E-state index contributed by atoms with van der Waals surface area (Å²) in [7, 11) is 0. The molecule has 0 aliphatic rings. The molecule has 0 bridgehead atoms. The lowest BCUT2D eigenvalue weighted by Crippen LogP contribution is -2.46. The maximum atomic E-state index is 13.9. The molecule has 0 saturated heterocycles. The maximum Gasteiger partial charge on any atom is 0.329 e. The highest BCUT2D eigenvalue weighted by molar-refractivity contribution is 5.97. The zero-order valence-corrected chi connectivity index (χ0v) is 19.5. The molecule has 35 heavy (non-hydrogen) atoms. The number of rotatable bonds is 10. The van der Waals surface area contributed by atoms with Gasteiger partial charge in [-0.15, -0.1) is 0 Å². The number of hydrogen-bond acceptors (Lipinski definition) is 5. The van der Waals surface area contributed by atoms with E-state index >= 15 is 0 Å². The average Bonchev–Trinajstić information content (AvgIpc) is 2.86. The summed E-state index contributed by atoms with van der Waals surface area (Å²) >= 11 is 0. The van der Waals surface area contributed by atoms with Crippen molar-refractivity contribution in [1.82, 2.24) is 5.32 Å². The molecule has 0 unspecified atom stereocenters. The molecule has 0 radical (unpaired) electrons. The molecule has 2 amide bonds. The van der Waals surface area contributed by atoms with Crippen LogP contribution in [0.3, 0.4) is 0 Å². The van der Waals surface area contributed by atoms with E-state index in [-0.39, 0.29) is 11.5 Å². The summed E-state index contributed by atoms with van der Waals surface area (Å²) in [5, 5.41) is 5.11. The van der Waals surface area contributed by atoms with E-state index in [2.05, 4.69) is 10.6 Å². The van der Waals surface area contributed by atoms with Crippen molar-refractivity contribution in [3.8, 4) is 5.75 Å². The summed E-state index contributed by atoms with van der Waals surface area (Å²) in [5.74, 6) is -2.47. The third-order valence-electron chi connectivity index (χ3n) is 5.06. The van der Waals surface area contributed by atoms with Gasteiger partial charge in [-0.05, 0) is 47.9 Å². The highest BCUT2D eigenvalue weighted by Gasteiger charge is 2.27. The average molecular weight is 479 g/mol. The number of anilines is 1. The zero-order valence-electron chi connectivity index (χ0n) is 19.5. The Hall–Kier alpha value is -4.20. The van der Waals surface area contributed by atoms with E-state index in [0.29, 0.717) is 18.0 Å². The molecule has 0 heterocycles. The second-order valence-electron chi connectivity index (χ2n) is 8.13. The lowest BCUT2D eigenvalue weighted by molar-refractivity contribution is -0.150. The van der Waals surface area contributed by atoms with Crippen molar-refractivity contribution in [3.63, 3.8) is 0 Å². The Morgan fingerprint density at radius 2 is 1.54 bits per heavy atom. The predicted octanol–water partition coefficient (Wildman–Crippen LogP) is 4.34. The number of halogens is 1. The van der Waals surface area contributed by atoms with Crippen molar-refractivity contribution in [1.29, 1.82) is 0 Å². The van der Waals surface area contributed by atoms with Crippen molar-refractivity contribution in [3.05, 3.63) is 95.8 Å². The molecule has 182 valence electrons. The number of carbonyl (C=O) groups is 3. The van der Waals surface area contributed by atoms with E-state index in [1.807, 2.05) is 30.3 Å². The zero-order chi connectivity index (χ0) is 25.2. The molecule has 0 aliphatic heterocycles. The monoisotopic (exact) mass is 478 g/mol. The number of benzene rings is 3. The molecular formula is C27H27FN2O5. The molecule has 0 fully saturated rings. The third kappa shape index (κ3) is 7.67. The minimum absolute atomic E-state index is 0.181. The molecule has 0 spiro atoms. The number of esters is 1. The summed E-state index contributed by atoms with van der Waals surface area (Å²) in [6.07, 6.45) is 0. The first kappa shape index (κ1) is 25.4. The van der Waals surface area contributed by atoms with Crippen LogP contribution in [0.1, 0.15) is 29.8 Å². The van der Waals surface area contributed by atoms with Gasteiger partial charge >= 0.3 is 5.97 Å². The highest BCUT2D eigenvalue weighted by atomic mass is 19.1. The van der Waals surface area contributed by atoms with E-state index < -0.39 is 36.2 Å². The lowest BCUT2D eigenvalue weighted by atomic mass is 10.0. The van der Waals surface area contributed by atoms with Gasteiger partial charge in [-0.1, -0.05) is 56.3 Å². The molecule has 3 rings (SSSR count). The van der Waals surface area contributed by atoms with Gasteiger partial charge in [0.05, 0.1) is 5.56 Å². The first-order valence-electron chi connectivity index (χ1n) is 11.1. The van der Waals surface area contributed by atoms with Crippen LogP contribution in [0.25, 0.3) is 0 Å². The topological polar surface area (TPSA) is 93.7 Å². The lowest BCUT2D eigenvalue weighted by Gasteiger charge is -2.21. The first-order valence-corrected chi connectivity index (χ1v) is 11.1. The van der Waals surface area contributed by atoms with E-state index in [0.717, 1.165) is 11.6 Å². The van der Waals surface area contributed by atoms with Crippen molar-refractivity contribution in [2.75, 3.05) is 11.9 Å². The van der Waals surface area contributed by atoms with E-state index in [1.54, 1.807) is 38.1 Å². The molecule has 0 aromatic heterocycles. The Morgan fingerprint density at radius 1 is 0.886 bits per heavy atom. The van der Waals surface area contributed by atoms with Gasteiger partial charge in [-0.3, -0.25) is 9.59 Å². The van der Waals surface area contributed by atoms with E-state index in [9.17, 15) is 18.8 Å². The Bertz CT molecular complexity index is 1150. The van der Waals surface area contributed by atoms with Gasteiger partial charge in [-0.25, -0.2) is 9.18 Å². The fourth-order valence-electron chi connectivity index (χ4n) is 3.16. The fourth-order valence-corrected chi connectivity index (χ4v) is 3.16. The van der Waals surface area contributed by atoms with Crippen LogP contribution in [0, 0.1) is 11.7 Å². The largest absolute Gasteiger partial charge is 0.489 e. The number of ether oxygens (including phenoxy) is 2. The predicted molar refractivity (Wildman–Crippen MR) is 129 cm³/mol. The molecule has 7 nitrogen and oxygen atoms in total. The minimum Gasteiger partial charge on any atom is -0.489 e. The van der Waals surface area contributed by atoms with Gasteiger partial charge in [0.2, 0.25) is 0 Å². The third-order valence-corrected chi connectivity index (χ3v) is 5.06. The highest BCUT2D eigenvalue weighted by Crippen LogP contribution is 2.17. The van der Waals surface area contributed by atoms with Gasteiger partial charge in [0, 0.05) is 5.69 Å². The van der Waals surface area contributed by atoms with E-state index in [1.165, 1.54) is 18.2 Å². The van der Waals surface area contributed by atoms with Crippen molar-refractivity contribution in [2.45, 2.75) is 26.5 Å². The van der Waals surface area contributed by atoms with Gasteiger partial charge < -0.3 is 20.1 Å². The molecule has 3 aromatic carbocycles. The Balaban J connectivity index is 1.48. The van der Waals surface area contributed by atoms with Crippen LogP contribution >= 0.6 is 0 Å². The number of hydrogen-bond donors (Lipinski definition) is 2. The summed E-state index contributed by atoms with van der Waals surface area (Å²) in [5.41, 5.74) is 1.36. The second kappa shape index (κ2) is 12.3. The molecule has 0 aliphatic carbocycles. The summed E-state index contributed by atoms with van der Waals surface area (Å²) in [6.45, 7) is 3.29. The van der Waals surface area contributed by atoms with Crippen LogP contribution in [0.2, 0.25) is 0 Å². The molecule has 3 aromatic rings. The number of carbonyl (C=O) groups excluding carboxylic acids is 3. The Labute approximate surface area is 203 Å². The summed E-state index contributed by atoms with van der Waals surface area (Å²) < 4.78 is 24.7. The molecular weight excluding hydrogens is 451 g/mol. The molecule has 2 N–H and O–H groups in total. The summed E-state index contributed by atoms with van der Waals surface area (Å²) in [4.78, 5) is 37.1. The number of nitrogens with one attached hydrogen (secondary N) is 2. The maximum absolute atomic E-state index is 13.9. The SMILES string of the molecule is CC(C)[C@@H](NC(=O)c1ccccc1F)C(=O)OCC(=O)Nc1ccc(OCc2ccccc2)cc1. The van der Waals surface area contributed by atoms with Crippen molar-refractivity contribution < 1.29 is 28.2 Å². The van der Waals surface area contributed by atoms with Crippen LogP contribution in [-0.4, -0.2) is 30.4 Å². The van der Waals surface area contributed by atoms with Crippen LogP contribution in [0.5, 0.6) is 5.75 Å². The normalized spacial score (nSPS) is 11.4. The quantitative estimate of drug-likeness (QED) is 0.423. The summed E-state index contributed by atoms with van der Waals surface area (Å²) in [6, 6.07) is 20.9. The fraction of sp³-hybridized carbons (Fsp3) is 0.222. The van der Waals surface area contributed by atoms with Crippen molar-refractivity contribution in [2.24, 2.45) is 5.92 Å². The van der Waals surface area contributed by atoms with Crippen LogP contribution in [0.4, 0.5) is 10.1 Å². The van der Waals surface area contributed by atoms with Gasteiger partial charge in [0.15, 0.2) is 6.61 Å². The Morgan fingerprint density at radius 3 is 2.20 bits per heavy atom. The van der Waals surface area contributed by atoms with Crippen molar-refractivity contribution >= 4 is 23.5 Å². The van der Waals surface area contributed by atoms with Crippen LogP contribution in [-0.2, 0) is 20.9 Å². The molecule has 0 saturated carbocycles. The van der Waals surface area contributed by atoms with Crippen LogP contribution < -0.4 is 15.4 Å². The minimum atomic E-state index is -1.05. The van der Waals surface area contributed by atoms with Gasteiger partial charge in [-0.2, -0.15) is 0 Å². The molecule has 1 atom stereocenters. The van der Waals surface area contributed by atoms with Gasteiger partial charge in [0.25, 0.3) is 11.8 Å².